The number of hydrogen-bond donors (Lipinski definition) is 4. The number of rotatable bonds is 9. The van der Waals surface area contributed by atoms with Gasteiger partial charge in [0.15, 0.2) is 0 Å². The molecule has 200 valence electrons. The van der Waals surface area contributed by atoms with E-state index in [4.69, 9.17) is 5.11 Å². The highest BCUT2D eigenvalue weighted by Gasteiger charge is 2.22. The SMILES string of the molecule is CN(C)S(=O)(=O)c1ccccc1Nc1nc(Nc2ccc(N3CCN(CCO)CC3)cc2)nc2[nH]ccc12. The molecule has 0 radical (unpaired) electrons. The Morgan fingerprint density at radius 1 is 0.974 bits per heavy atom. The molecule has 0 atom stereocenters. The van der Waals surface area contributed by atoms with Gasteiger partial charge in [0.1, 0.15) is 16.4 Å². The van der Waals surface area contributed by atoms with Crippen LogP contribution < -0.4 is 15.5 Å². The predicted molar refractivity (Wildman–Crippen MR) is 150 cm³/mol. The number of aliphatic hydroxyl groups is 1. The smallest absolute Gasteiger partial charge is 0.244 e. The van der Waals surface area contributed by atoms with Crippen molar-refractivity contribution in [2.45, 2.75) is 4.90 Å². The zero-order valence-electron chi connectivity index (χ0n) is 21.4. The summed E-state index contributed by atoms with van der Waals surface area (Å²) >= 11 is 0. The highest BCUT2D eigenvalue weighted by Crippen LogP contribution is 2.30. The lowest BCUT2D eigenvalue weighted by atomic mass is 10.2. The Hall–Kier alpha value is -3.71. The van der Waals surface area contributed by atoms with Gasteiger partial charge < -0.3 is 25.6 Å². The summed E-state index contributed by atoms with van der Waals surface area (Å²) in [5, 5.41) is 16.4. The largest absolute Gasteiger partial charge is 0.395 e. The molecule has 11 nitrogen and oxygen atoms in total. The van der Waals surface area contributed by atoms with Gasteiger partial charge in [-0.15, -0.1) is 0 Å². The zero-order valence-corrected chi connectivity index (χ0v) is 22.2. The van der Waals surface area contributed by atoms with Gasteiger partial charge >= 0.3 is 0 Å². The number of aromatic nitrogens is 3. The maximum atomic E-state index is 12.9. The van der Waals surface area contributed by atoms with Crippen molar-refractivity contribution in [3.05, 3.63) is 60.8 Å². The fourth-order valence-electron chi connectivity index (χ4n) is 4.47. The molecule has 1 aliphatic heterocycles. The Labute approximate surface area is 222 Å². The monoisotopic (exact) mass is 536 g/mol. The third-order valence-electron chi connectivity index (χ3n) is 6.59. The van der Waals surface area contributed by atoms with Crippen LogP contribution in [0.2, 0.25) is 0 Å². The van der Waals surface area contributed by atoms with Gasteiger partial charge in [-0.3, -0.25) is 4.90 Å². The number of benzene rings is 2. The number of para-hydroxylation sites is 1. The zero-order chi connectivity index (χ0) is 26.7. The Balaban J connectivity index is 1.36. The van der Waals surface area contributed by atoms with Gasteiger partial charge in [-0.2, -0.15) is 9.97 Å². The third-order valence-corrected chi connectivity index (χ3v) is 8.46. The number of sulfonamides is 1. The number of anilines is 5. The molecule has 0 aliphatic carbocycles. The first-order valence-electron chi connectivity index (χ1n) is 12.4. The van der Waals surface area contributed by atoms with Crippen LogP contribution in [0.1, 0.15) is 0 Å². The predicted octanol–water partition coefficient (Wildman–Crippen LogP) is 2.81. The number of nitrogens with one attached hydrogen (secondary N) is 3. The number of β-amino-alcohol motifs (C(OH)–C–C–N with tert-alkyl or cyclic N) is 1. The second-order valence-electron chi connectivity index (χ2n) is 9.27. The van der Waals surface area contributed by atoms with E-state index in [0.717, 1.165) is 49.5 Å². The number of aliphatic hydroxyl groups excluding tert-OH is 1. The van der Waals surface area contributed by atoms with Crippen molar-refractivity contribution in [1.29, 1.82) is 0 Å². The minimum atomic E-state index is -3.66. The van der Waals surface area contributed by atoms with E-state index >= 15 is 0 Å². The minimum Gasteiger partial charge on any atom is -0.395 e. The molecule has 1 saturated heterocycles. The van der Waals surface area contributed by atoms with Gasteiger partial charge in [-0.1, -0.05) is 12.1 Å². The lowest BCUT2D eigenvalue weighted by molar-refractivity contribution is 0.189. The van der Waals surface area contributed by atoms with E-state index in [0.29, 0.717) is 23.1 Å². The van der Waals surface area contributed by atoms with E-state index in [1.54, 1.807) is 30.5 Å². The van der Waals surface area contributed by atoms with Gasteiger partial charge in [0.05, 0.1) is 17.7 Å². The molecule has 1 aliphatic rings. The molecule has 0 amide bonds. The summed E-state index contributed by atoms with van der Waals surface area (Å²) in [5.74, 6) is 0.860. The normalized spacial score (nSPS) is 14.8. The van der Waals surface area contributed by atoms with Crippen LogP contribution in [-0.2, 0) is 10.0 Å². The molecule has 5 rings (SSSR count). The minimum absolute atomic E-state index is 0.162. The van der Waals surface area contributed by atoms with Crippen LogP contribution in [0.15, 0.2) is 65.7 Å². The Kier molecular flexibility index (Phi) is 7.47. The van der Waals surface area contributed by atoms with E-state index in [1.165, 1.54) is 18.4 Å². The van der Waals surface area contributed by atoms with Crippen LogP contribution in [0.25, 0.3) is 11.0 Å². The van der Waals surface area contributed by atoms with Crippen LogP contribution in [0.5, 0.6) is 0 Å². The number of H-pyrrole nitrogens is 1. The molecular weight excluding hydrogens is 504 g/mol. The Morgan fingerprint density at radius 3 is 2.42 bits per heavy atom. The number of piperazine rings is 1. The van der Waals surface area contributed by atoms with Crippen molar-refractivity contribution in [3.8, 4) is 0 Å². The topological polar surface area (TPSA) is 130 Å². The average Bonchev–Trinajstić information content (AvgIpc) is 3.39. The summed E-state index contributed by atoms with van der Waals surface area (Å²) in [6, 6.07) is 16.7. The van der Waals surface area contributed by atoms with E-state index in [1.807, 2.05) is 18.2 Å². The fraction of sp³-hybridized carbons (Fsp3) is 0.308. The first kappa shape index (κ1) is 25.9. The third kappa shape index (κ3) is 5.43. The van der Waals surface area contributed by atoms with Crippen LogP contribution in [-0.4, -0.2) is 91.1 Å². The maximum Gasteiger partial charge on any atom is 0.244 e. The second kappa shape index (κ2) is 11.0. The lowest BCUT2D eigenvalue weighted by Crippen LogP contribution is -2.47. The number of hydrogen-bond acceptors (Lipinski definition) is 9. The molecule has 0 unspecified atom stereocenters. The Morgan fingerprint density at radius 2 is 1.71 bits per heavy atom. The lowest BCUT2D eigenvalue weighted by Gasteiger charge is -2.35. The Bertz CT molecular complexity index is 1500. The molecule has 3 heterocycles. The molecule has 4 aromatic rings. The second-order valence-corrected chi connectivity index (χ2v) is 11.4. The molecule has 1 fully saturated rings. The van der Waals surface area contributed by atoms with Crippen molar-refractivity contribution in [3.63, 3.8) is 0 Å². The quantitative estimate of drug-likeness (QED) is 0.255. The van der Waals surface area contributed by atoms with Crippen molar-refractivity contribution < 1.29 is 13.5 Å². The first-order chi connectivity index (χ1) is 18.3. The van der Waals surface area contributed by atoms with Gasteiger partial charge in [-0.25, -0.2) is 12.7 Å². The van der Waals surface area contributed by atoms with E-state index in [2.05, 4.69) is 47.5 Å². The molecule has 0 spiro atoms. The van der Waals surface area contributed by atoms with Crippen molar-refractivity contribution in [2.24, 2.45) is 0 Å². The number of fused-ring (bicyclic) bond motifs is 1. The van der Waals surface area contributed by atoms with Crippen LogP contribution >= 0.6 is 0 Å². The number of aromatic amines is 1. The molecule has 38 heavy (non-hydrogen) atoms. The van der Waals surface area contributed by atoms with Crippen molar-refractivity contribution in [1.82, 2.24) is 24.2 Å². The van der Waals surface area contributed by atoms with Gasteiger partial charge in [0.2, 0.25) is 16.0 Å². The first-order valence-corrected chi connectivity index (χ1v) is 13.9. The molecule has 0 bridgehead atoms. The van der Waals surface area contributed by atoms with E-state index < -0.39 is 10.0 Å². The summed E-state index contributed by atoms with van der Waals surface area (Å²) < 4.78 is 26.9. The fourth-order valence-corrected chi connectivity index (χ4v) is 5.51. The molecule has 4 N–H and O–H groups in total. The van der Waals surface area contributed by atoms with Gasteiger partial charge in [0, 0.05) is 64.4 Å². The molecule has 12 heteroatoms. The summed E-state index contributed by atoms with van der Waals surface area (Å²) in [6.07, 6.45) is 1.77. The van der Waals surface area contributed by atoms with Crippen molar-refractivity contribution >= 4 is 49.9 Å². The van der Waals surface area contributed by atoms with Crippen LogP contribution in [0.4, 0.5) is 28.8 Å². The molecule has 0 saturated carbocycles. The molecular formula is C26H32N8O3S. The summed E-state index contributed by atoms with van der Waals surface area (Å²) in [4.78, 5) is 17.1. The standard InChI is InChI=1S/C26H32N8O3S/c1-32(2)38(36,37)23-6-4-3-5-22(23)29-25-21-11-12-27-24(21)30-26(31-25)28-19-7-9-20(10-8-19)34-15-13-33(14-16-34)17-18-35/h3-12,35H,13-18H2,1-2H3,(H3,27,28,29,30,31). The van der Waals surface area contributed by atoms with Gasteiger partial charge in [-0.05, 0) is 42.5 Å². The average molecular weight is 537 g/mol. The summed E-state index contributed by atoms with van der Waals surface area (Å²) in [7, 11) is -0.648. The molecule has 2 aromatic carbocycles. The van der Waals surface area contributed by atoms with Crippen LogP contribution in [0, 0.1) is 0 Å². The van der Waals surface area contributed by atoms with E-state index in [-0.39, 0.29) is 11.5 Å². The maximum absolute atomic E-state index is 12.9. The highest BCUT2D eigenvalue weighted by atomic mass is 32.2. The highest BCUT2D eigenvalue weighted by molar-refractivity contribution is 7.89. The molecule has 2 aromatic heterocycles. The number of nitrogens with zero attached hydrogens (tertiary/aromatic N) is 5. The van der Waals surface area contributed by atoms with Crippen LogP contribution in [0.3, 0.4) is 0 Å². The van der Waals surface area contributed by atoms with Crippen molar-refractivity contribution in [2.75, 3.05) is 69.0 Å². The van der Waals surface area contributed by atoms with Gasteiger partial charge in [0.25, 0.3) is 0 Å². The summed E-state index contributed by atoms with van der Waals surface area (Å²) in [5.41, 5.74) is 3.02. The van der Waals surface area contributed by atoms with E-state index in [9.17, 15) is 8.42 Å². The summed E-state index contributed by atoms with van der Waals surface area (Å²) in [6.45, 7) is 4.60.